The summed E-state index contributed by atoms with van der Waals surface area (Å²) in [4.78, 5) is 0. The third-order valence-electron chi connectivity index (χ3n) is 2.79. The van der Waals surface area contributed by atoms with Crippen LogP contribution in [-0.4, -0.2) is 16.4 Å². The minimum atomic E-state index is 0.589. The second-order valence-electron chi connectivity index (χ2n) is 4.08. The van der Waals surface area contributed by atoms with Gasteiger partial charge in [-0.05, 0) is 31.0 Å². The summed E-state index contributed by atoms with van der Waals surface area (Å²) in [5.74, 6) is 0.935. The van der Waals surface area contributed by atoms with Crippen molar-refractivity contribution >= 4 is 5.69 Å². The minimum Gasteiger partial charge on any atom is -0.491 e. The van der Waals surface area contributed by atoms with Crippen LogP contribution in [0.2, 0.25) is 0 Å². The van der Waals surface area contributed by atoms with Gasteiger partial charge in [-0.25, -0.2) is 0 Å². The first-order chi connectivity index (χ1) is 8.16. The number of benzene rings is 1. The molecule has 0 amide bonds. The largest absolute Gasteiger partial charge is 0.491 e. The zero-order valence-electron chi connectivity index (χ0n) is 10.2. The fraction of sp³-hybridized carbons (Fsp3) is 0.308. The third kappa shape index (κ3) is 2.78. The second-order valence-corrected chi connectivity index (χ2v) is 4.08. The summed E-state index contributed by atoms with van der Waals surface area (Å²) in [6, 6.07) is 6.07. The molecule has 90 valence electrons. The average Bonchev–Trinajstić information content (AvgIpc) is 2.70. The predicted octanol–water partition coefficient (Wildman–Crippen LogP) is 2.16. The number of anilines is 1. The van der Waals surface area contributed by atoms with Crippen LogP contribution < -0.4 is 10.5 Å². The summed E-state index contributed by atoms with van der Waals surface area (Å²) in [5.41, 5.74) is 8.69. The quantitative estimate of drug-likeness (QED) is 0.877. The van der Waals surface area contributed by atoms with E-state index in [0.29, 0.717) is 18.8 Å². The molecule has 1 aromatic carbocycles. The monoisotopic (exact) mass is 231 g/mol. The van der Waals surface area contributed by atoms with Crippen molar-refractivity contribution in [3.05, 3.63) is 41.7 Å². The van der Waals surface area contributed by atoms with Gasteiger partial charge in [0.05, 0.1) is 18.4 Å². The number of nitrogens with two attached hydrogens (primary N) is 1. The molecule has 1 aromatic heterocycles. The van der Waals surface area contributed by atoms with Gasteiger partial charge in [0.2, 0.25) is 0 Å². The van der Waals surface area contributed by atoms with Crippen LogP contribution in [0.3, 0.4) is 0 Å². The van der Waals surface area contributed by atoms with Crippen molar-refractivity contribution in [3.63, 3.8) is 0 Å². The average molecular weight is 231 g/mol. The van der Waals surface area contributed by atoms with E-state index in [4.69, 9.17) is 10.5 Å². The van der Waals surface area contributed by atoms with Crippen LogP contribution in [0.15, 0.2) is 30.6 Å². The molecule has 0 radical (unpaired) electrons. The van der Waals surface area contributed by atoms with E-state index in [2.05, 4.69) is 25.0 Å². The number of rotatable bonds is 4. The predicted molar refractivity (Wildman–Crippen MR) is 68.1 cm³/mol. The highest BCUT2D eigenvalue weighted by Crippen LogP contribution is 2.20. The number of aromatic nitrogens is 2. The molecule has 0 aliphatic rings. The Hall–Kier alpha value is -1.97. The fourth-order valence-electron chi connectivity index (χ4n) is 1.63. The Morgan fingerprint density at radius 1 is 1.35 bits per heavy atom. The maximum Gasteiger partial charge on any atom is 0.122 e. The molecule has 0 unspecified atom stereocenters. The number of hydrogen-bond acceptors (Lipinski definition) is 3. The molecule has 2 aromatic rings. The molecule has 2 rings (SSSR count). The molecule has 4 heteroatoms. The highest BCUT2D eigenvalue weighted by atomic mass is 16.5. The smallest absolute Gasteiger partial charge is 0.122 e. The summed E-state index contributed by atoms with van der Waals surface area (Å²) in [7, 11) is 0. The lowest BCUT2D eigenvalue weighted by molar-refractivity contribution is 0.289. The summed E-state index contributed by atoms with van der Waals surface area (Å²) in [6.07, 6.45) is 3.43. The lowest BCUT2D eigenvalue weighted by Crippen LogP contribution is -2.09. The lowest BCUT2D eigenvalue weighted by atomic mass is 10.1. The van der Waals surface area contributed by atoms with Crippen molar-refractivity contribution in [1.82, 2.24) is 9.78 Å². The number of nitrogens with zero attached hydrogens (tertiary/aromatic N) is 2. The van der Waals surface area contributed by atoms with Crippen molar-refractivity contribution in [2.45, 2.75) is 20.4 Å². The first-order valence-corrected chi connectivity index (χ1v) is 5.64. The van der Waals surface area contributed by atoms with Gasteiger partial charge in [0.15, 0.2) is 0 Å². The minimum absolute atomic E-state index is 0.589. The van der Waals surface area contributed by atoms with Gasteiger partial charge in [0, 0.05) is 6.20 Å². The van der Waals surface area contributed by atoms with E-state index in [-0.39, 0.29) is 0 Å². The molecule has 2 N–H and O–H groups in total. The van der Waals surface area contributed by atoms with Crippen molar-refractivity contribution < 1.29 is 4.74 Å². The molecule has 0 bridgehead atoms. The van der Waals surface area contributed by atoms with Crippen molar-refractivity contribution in [3.8, 4) is 5.75 Å². The maximum absolute atomic E-state index is 5.73. The highest BCUT2D eigenvalue weighted by molar-refractivity contribution is 5.38. The summed E-state index contributed by atoms with van der Waals surface area (Å²) >= 11 is 0. The third-order valence-corrected chi connectivity index (χ3v) is 2.79. The summed E-state index contributed by atoms with van der Waals surface area (Å²) < 4.78 is 7.51. The molecular weight excluding hydrogens is 214 g/mol. The van der Waals surface area contributed by atoms with Gasteiger partial charge in [-0.3, -0.25) is 4.68 Å². The van der Waals surface area contributed by atoms with Crippen molar-refractivity contribution in [2.24, 2.45) is 0 Å². The zero-order valence-corrected chi connectivity index (χ0v) is 10.2. The topological polar surface area (TPSA) is 53.1 Å². The van der Waals surface area contributed by atoms with Crippen LogP contribution in [0.25, 0.3) is 0 Å². The Bertz CT molecular complexity index is 505. The number of nitrogen functional groups attached to an aromatic ring is 1. The summed E-state index contributed by atoms with van der Waals surface area (Å²) in [6.45, 7) is 5.43. The van der Waals surface area contributed by atoms with Crippen LogP contribution >= 0.6 is 0 Å². The van der Waals surface area contributed by atoms with Gasteiger partial charge in [-0.15, -0.1) is 0 Å². The van der Waals surface area contributed by atoms with Crippen LogP contribution in [0.4, 0.5) is 5.69 Å². The molecular formula is C13H17N3O. The van der Waals surface area contributed by atoms with Crippen molar-refractivity contribution in [1.29, 1.82) is 0 Å². The molecule has 0 aliphatic heterocycles. The molecule has 0 atom stereocenters. The maximum atomic E-state index is 5.73. The van der Waals surface area contributed by atoms with E-state index in [9.17, 15) is 0 Å². The summed E-state index contributed by atoms with van der Waals surface area (Å²) in [5, 5.41) is 4.10. The Balaban J connectivity index is 1.92. The highest BCUT2D eigenvalue weighted by Gasteiger charge is 2.01. The SMILES string of the molecule is Cc1cccc(OCCn2cc(N)cn2)c1C. The number of hydrogen-bond donors (Lipinski definition) is 1. The van der Waals surface area contributed by atoms with Crippen LogP contribution in [0.1, 0.15) is 11.1 Å². The molecule has 17 heavy (non-hydrogen) atoms. The van der Waals surface area contributed by atoms with Gasteiger partial charge in [0.1, 0.15) is 12.4 Å². The number of aryl methyl sites for hydroxylation is 1. The standard InChI is InChI=1S/C13H17N3O/c1-10-4-3-5-13(11(10)2)17-7-6-16-9-12(14)8-15-16/h3-5,8-9H,6-7,14H2,1-2H3. The Kier molecular flexibility index (Phi) is 3.32. The van der Waals surface area contributed by atoms with Crippen LogP contribution in [-0.2, 0) is 6.54 Å². The fourth-order valence-corrected chi connectivity index (χ4v) is 1.63. The van der Waals surface area contributed by atoms with E-state index < -0.39 is 0 Å². The molecule has 0 spiro atoms. The molecule has 0 aliphatic carbocycles. The van der Waals surface area contributed by atoms with E-state index in [1.165, 1.54) is 11.1 Å². The van der Waals surface area contributed by atoms with E-state index >= 15 is 0 Å². The molecule has 0 saturated heterocycles. The molecule has 0 fully saturated rings. The number of ether oxygens (including phenoxy) is 1. The van der Waals surface area contributed by atoms with Gasteiger partial charge in [0.25, 0.3) is 0 Å². The zero-order chi connectivity index (χ0) is 12.3. The second kappa shape index (κ2) is 4.91. The van der Waals surface area contributed by atoms with Gasteiger partial charge >= 0.3 is 0 Å². The van der Waals surface area contributed by atoms with E-state index in [1.807, 2.05) is 12.1 Å². The molecule has 0 saturated carbocycles. The van der Waals surface area contributed by atoms with Gasteiger partial charge < -0.3 is 10.5 Å². The van der Waals surface area contributed by atoms with E-state index in [1.54, 1.807) is 17.1 Å². The lowest BCUT2D eigenvalue weighted by Gasteiger charge is -2.10. The van der Waals surface area contributed by atoms with Gasteiger partial charge in [-0.2, -0.15) is 5.10 Å². The normalized spacial score (nSPS) is 10.5. The van der Waals surface area contributed by atoms with Crippen LogP contribution in [0.5, 0.6) is 5.75 Å². The first kappa shape index (κ1) is 11.5. The van der Waals surface area contributed by atoms with Gasteiger partial charge in [-0.1, -0.05) is 12.1 Å². The Labute approximate surface area is 101 Å². The van der Waals surface area contributed by atoms with Crippen LogP contribution in [0, 0.1) is 13.8 Å². The van der Waals surface area contributed by atoms with E-state index in [0.717, 1.165) is 5.75 Å². The molecule has 1 heterocycles. The Morgan fingerprint density at radius 2 is 2.18 bits per heavy atom. The Morgan fingerprint density at radius 3 is 2.88 bits per heavy atom. The van der Waals surface area contributed by atoms with Crippen molar-refractivity contribution in [2.75, 3.05) is 12.3 Å². The first-order valence-electron chi connectivity index (χ1n) is 5.64. The molecule has 4 nitrogen and oxygen atoms in total.